The number of nitrogens with zero attached hydrogens (tertiary/aromatic N) is 4. The highest BCUT2D eigenvalue weighted by Gasteiger charge is 2.13. The summed E-state index contributed by atoms with van der Waals surface area (Å²) in [5, 5.41) is 18.5. The van der Waals surface area contributed by atoms with Gasteiger partial charge in [-0.1, -0.05) is 43.5 Å². The topological polar surface area (TPSA) is 103 Å². The van der Waals surface area contributed by atoms with Gasteiger partial charge in [0.15, 0.2) is 0 Å². The summed E-state index contributed by atoms with van der Waals surface area (Å²) in [5.41, 5.74) is 1.11. The van der Waals surface area contributed by atoms with E-state index < -0.39 is 5.09 Å². The van der Waals surface area contributed by atoms with Gasteiger partial charge in [-0.15, -0.1) is 10.1 Å². The number of aromatic nitrogens is 3. The molecule has 24 heavy (non-hydrogen) atoms. The van der Waals surface area contributed by atoms with E-state index in [9.17, 15) is 0 Å². The molecular formula is C15H21ClN4O4. The Labute approximate surface area is 145 Å². The molecule has 1 N–H and O–H groups in total. The van der Waals surface area contributed by atoms with Crippen LogP contribution in [0.2, 0.25) is 5.02 Å². The lowest BCUT2D eigenvalue weighted by molar-refractivity contribution is -0.742. The summed E-state index contributed by atoms with van der Waals surface area (Å²) in [7, 11) is 0. The molecule has 1 aromatic carbocycles. The van der Waals surface area contributed by atoms with E-state index in [0.29, 0.717) is 6.54 Å². The molecule has 0 bridgehead atoms. The number of rotatable bonds is 8. The smallest absolute Gasteiger partial charge is 0.291 e. The van der Waals surface area contributed by atoms with E-state index in [2.05, 4.69) is 17.0 Å². The summed E-state index contributed by atoms with van der Waals surface area (Å²) in [6, 6.07) is 7.79. The Bertz CT molecular complexity index is 574. The van der Waals surface area contributed by atoms with Crippen molar-refractivity contribution in [2.45, 2.75) is 38.8 Å². The zero-order chi connectivity index (χ0) is 17.8. The van der Waals surface area contributed by atoms with Crippen LogP contribution in [0.15, 0.2) is 36.9 Å². The monoisotopic (exact) mass is 356 g/mol. The summed E-state index contributed by atoms with van der Waals surface area (Å²) in [6.45, 7) is 3.61. The average molecular weight is 357 g/mol. The van der Waals surface area contributed by atoms with Crippen LogP contribution in [0.4, 0.5) is 0 Å². The SMILES string of the molecule is CCCCCOC(Cn1cncn1)c1ccc(Cl)cc1.O=[N+]([O-])O. The number of ether oxygens (including phenoxy) is 1. The fourth-order valence-electron chi connectivity index (χ4n) is 2.01. The minimum Gasteiger partial charge on any atom is -0.372 e. The lowest BCUT2D eigenvalue weighted by Crippen LogP contribution is -2.14. The third kappa shape index (κ3) is 8.44. The molecule has 0 aliphatic carbocycles. The van der Waals surface area contributed by atoms with Crippen molar-refractivity contribution in [2.75, 3.05) is 6.61 Å². The predicted octanol–water partition coefficient (Wildman–Crippen LogP) is 3.53. The average Bonchev–Trinajstić information content (AvgIpc) is 3.04. The quantitative estimate of drug-likeness (QED) is 0.441. The maximum Gasteiger partial charge on any atom is 0.291 e. The number of hydrogen-bond acceptors (Lipinski definition) is 5. The van der Waals surface area contributed by atoms with E-state index in [1.165, 1.54) is 19.2 Å². The molecule has 0 saturated carbocycles. The van der Waals surface area contributed by atoms with Crippen molar-refractivity contribution in [3.05, 3.63) is 57.6 Å². The van der Waals surface area contributed by atoms with Gasteiger partial charge < -0.3 is 9.94 Å². The first-order valence-electron chi connectivity index (χ1n) is 7.55. The molecule has 0 amide bonds. The van der Waals surface area contributed by atoms with Crippen LogP contribution in [0.25, 0.3) is 0 Å². The van der Waals surface area contributed by atoms with Gasteiger partial charge in [-0.25, -0.2) is 4.98 Å². The Morgan fingerprint density at radius 1 is 1.38 bits per heavy atom. The highest BCUT2D eigenvalue weighted by molar-refractivity contribution is 6.30. The standard InChI is InChI=1S/C15H20ClN3O.HNO3/c1-2-3-4-9-20-15(10-19-12-17-11-18-19)13-5-7-14(16)8-6-13;2-1(3)4/h5-8,11-12,15H,2-4,9-10H2,1H3;(H,2,3,4). The van der Waals surface area contributed by atoms with Crippen LogP contribution in [-0.2, 0) is 11.3 Å². The first-order valence-corrected chi connectivity index (χ1v) is 7.93. The minimum atomic E-state index is -1.50. The van der Waals surface area contributed by atoms with Crippen molar-refractivity contribution in [3.8, 4) is 0 Å². The summed E-state index contributed by atoms with van der Waals surface area (Å²) in [6.07, 6.45) is 6.69. The second kappa shape index (κ2) is 11.4. The van der Waals surface area contributed by atoms with Crippen molar-refractivity contribution in [2.24, 2.45) is 0 Å². The number of halogens is 1. The Balaban J connectivity index is 0.000000648. The lowest BCUT2D eigenvalue weighted by Gasteiger charge is -2.18. The summed E-state index contributed by atoms with van der Waals surface area (Å²) >= 11 is 5.94. The molecule has 2 rings (SSSR count). The van der Waals surface area contributed by atoms with Gasteiger partial charge in [0.25, 0.3) is 5.09 Å². The zero-order valence-electron chi connectivity index (χ0n) is 13.4. The van der Waals surface area contributed by atoms with Gasteiger partial charge in [0.2, 0.25) is 0 Å². The summed E-state index contributed by atoms with van der Waals surface area (Å²) in [5.74, 6) is 0. The van der Waals surface area contributed by atoms with Crippen LogP contribution >= 0.6 is 11.6 Å². The van der Waals surface area contributed by atoms with Gasteiger partial charge in [-0.2, -0.15) is 5.10 Å². The van der Waals surface area contributed by atoms with Crippen LogP contribution in [0, 0.1) is 10.1 Å². The van der Waals surface area contributed by atoms with E-state index in [0.717, 1.165) is 23.6 Å². The second-order valence-electron chi connectivity index (χ2n) is 4.97. The fraction of sp³-hybridized carbons (Fsp3) is 0.467. The van der Waals surface area contributed by atoms with Crippen molar-refractivity contribution >= 4 is 11.6 Å². The van der Waals surface area contributed by atoms with E-state index in [1.54, 1.807) is 11.0 Å². The maximum absolute atomic E-state index is 8.36. The predicted molar refractivity (Wildman–Crippen MR) is 88.5 cm³/mol. The molecule has 9 heteroatoms. The van der Waals surface area contributed by atoms with E-state index >= 15 is 0 Å². The van der Waals surface area contributed by atoms with Gasteiger partial charge in [0.1, 0.15) is 18.8 Å². The Morgan fingerprint density at radius 2 is 2.04 bits per heavy atom. The van der Waals surface area contributed by atoms with Gasteiger partial charge in [-0.05, 0) is 24.1 Å². The molecule has 2 aromatic rings. The highest BCUT2D eigenvalue weighted by Crippen LogP contribution is 2.22. The van der Waals surface area contributed by atoms with Crippen LogP contribution < -0.4 is 0 Å². The third-order valence-corrected chi connectivity index (χ3v) is 3.38. The van der Waals surface area contributed by atoms with Gasteiger partial charge in [0.05, 0.1) is 6.54 Å². The van der Waals surface area contributed by atoms with Crippen LogP contribution in [0.1, 0.15) is 37.9 Å². The first-order chi connectivity index (χ1) is 11.5. The molecule has 1 atom stereocenters. The number of unbranched alkanes of at least 4 members (excludes halogenated alkanes) is 2. The molecule has 8 nitrogen and oxygen atoms in total. The number of hydrogen-bond donors (Lipinski definition) is 1. The Kier molecular flexibility index (Phi) is 9.40. The van der Waals surface area contributed by atoms with Crippen LogP contribution in [0.3, 0.4) is 0 Å². The lowest BCUT2D eigenvalue weighted by atomic mass is 10.1. The molecule has 1 unspecified atom stereocenters. The van der Waals surface area contributed by atoms with Gasteiger partial charge >= 0.3 is 0 Å². The van der Waals surface area contributed by atoms with Crippen LogP contribution in [-0.4, -0.2) is 31.7 Å². The summed E-state index contributed by atoms with van der Waals surface area (Å²) in [4.78, 5) is 12.3. The largest absolute Gasteiger partial charge is 0.372 e. The molecular weight excluding hydrogens is 336 g/mol. The fourth-order valence-corrected chi connectivity index (χ4v) is 2.13. The van der Waals surface area contributed by atoms with Gasteiger partial charge in [-0.3, -0.25) is 4.68 Å². The molecule has 0 aliphatic rings. The molecule has 1 aromatic heterocycles. The molecule has 0 fully saturated rings. The Hall–Kier alpha value is -2.19. The summed E-state index contributed by atoms with van der Waals surface area (Å²) < 4.78 is 7.80. The molecule has 0 spiro atoms. The molecule has 0 aliphatic heterocycles. The van der Waals surface area contributed by atoms with Gasteiger partial charge in [0, 0.05) is 11.6 Å². The molecule has 132 valence electrons. The molecule has 0 saturated heterocycles. The first kappa shape index (κ1) is 19.9. The zero-order valence-corrected chi connectivity index (χ0v) is 14.2. The molecule has 1 heterocycles. The maximum atomic E-state index is 8.36. The third-order valence-electron chi connectivity index (χ3n) is 3.13. The van der Waals surface area contributed by atoms with Crippen molar-refractivity contribution in [3.63, 3.8) is 0 Å². The van der Waals surface area contributed by atoms with Crippen molar-refractivity contribution in [1.29, 1.82) is 0 Å². The van der Waals surface area contributed by atoms with E-state index in [1.807, 2.05) is 24.3 Å². The second-order valence-corrected chi connectivity index (χ2v) is 5.41. The van der Waals surface area contributed by atoms with Crippen LogP contribution in [0.5, 0.6) is 0 Å². The van der Waals surface area contributed by atoms with Crippen molar-refractivity contribution in [1.82, 2.24) is 14.8 Å². The Morgan fingerprint density at radius 3 is 2.58 bits per heavy atom. The minimum absolute atomic E-state index is 0.0224. The number of benzene rings is 1. The van der Waals surface area contributed by atoms with E-state index in [4.69, 9.17) is 31.7 Å². The van der Waals surface area contributed by atoms with Crippen molar-refractivity contribution < 1.29 is 15.0 Å². The normalized spacial score (nSPS) is 11.4. The van der Waals surface area contributed by atoms with E-state index in [-0.39, 0.29) is 6.10 Å². The highest BCUT2D eigenvalue weighted by atomic mass is 35.5. The molecule has 0 radical (unpaired) electrons.